The minimum absolute atomic E-state index is 0.0245. The van der Waals surface area contributed by atoms with E-state index >= 15 is 0 Å². The number of hydrogen-bond acceptors (Lipinski definition) is 6. The number of nitrogens with one attached hydrogen (secondary N) is 1. The second-order valence-electron chi connectivity index (χ2n) is 10.1. The second-order valence-corrected chi connectivity index (χ2v) is 10.1. The van der Waals surface area contributed by atoms with Crippen molar-refractivity contribution < 1.29 is 24.2 Å². The Kier molecular flexibility index (Phi) is 8.04. The fraction of sp³-hybridized carbons (Fsp3) is 0.258. The summed E-state index contributed by atoms with van der Waals surface area (Å²) < 4.78 is 5.82. The zero-order valence-corrected chi connectivity index (χ0v) is 22.8. The van der Waals surface area contributed by atoms with Crippen molar-refractivity contribution in [2.75, 3.05) is 35.8 Å². The number of amides is 2. The van der Waals surface area contributed by atoms with Gasteiger partial charge >= 0.3 is 0 Å². The lowest BCUT2D eigenvalue weighted by Gasteiger charge is -2.26. The van der Waals surface area contributed by atoms with Crippen LogP contribution in [0.1, 0.15) is 37.9 Å². The predicted molar refractivity (Wildman–Crippen MR) is 153 cm³/mol. The van der Waals surface area contributed by atoms with Crippen LogP contribution in [0.2, 0.25) is 0 Å². The number of nitrogens with zero attached hydrogens (tertiary/aromatic N) is 2. The Morgan fingerprint density at radius 1 is 1.03 bits per heavy atom. The van der Waals surface area contributed by atoms with Crippen LogP contribution >= 0.6 is 0 Å². The first-order valence-electron chi connectivity index (χ1n) is 12.8. The molecule has 0 spiro atoms. The molecule has 202 valence electrons. The van der Waals surface area contributed by atoms with Crippen molar-refractivity contribution in [3.05, 3.63) is 89.5 Å². The van der Waals surface area contributed by atoms with E-state index in [0.29, 0.717) is 40.8 Å². The lowest BCUT2D eigenvalue weighted by molar-refractivity contribution is -0.132. The van der Waals surface area contributed by atoms with Crippen molar-refractivity contribution in [3.8, 4) is 5.75 Å². The molecular weight excluding hydrogens is 494 g/mol. The molecule has 8 heteroatoms. The number of carbonyl (C=O) groups is 3. The normalized spacial score (nSPS) is 16.5. The van der Waals surface area contributed by atoms with Gasteiger partial charge in [-0.25, -0.2) is 0 Å². The quantitative estimate of drug-likeness (QED) is 0.232. The van der Waals surface area contributed by atoms with Crippen molar-refractivity contribution in [2.24, 2.45) is 5.92 Å². The van der Waals surface area contributed by atoms with Crippen LogP contribution in [0.5, 0.6) is 5.75 Å². The molecule has 8 nitrogen and oxygen atoms in total. The zero-order valence-electron chi connectivity index (χ0n) is 22.8. The van der Waals surface area contributed by atoms with Crippen LogP contribution in [0, 0.1) is 5.92 Å². The average molecular weight is 528 g/mol. The molecular formula is C31H33N3O5. The first-order chi connectivity index (χ1) is 18.6. The van der Waals surface area contributed by atoms with Gasteiger partial charge in [0, 0.05) is 43.6 Å². The molecule has 4 rings (SSSR count). The molecule has 1 heterocycles. The molecule has 1 unspecified atom stereocenters. The largest absolute Gasteiger partial charge is 0.507 e. The molecule has 39 heavy (non-hydrogen) atoms. The molecule has 1 atom stereocenters. The lowest BCUT2D eigenvalue weighted by atomic mass is 9.94. The van der Waals surface area contributed by atoms with Gasteiger partial charge in [0.15, 0.2) is 0 Å². The number of aliphatic hydroxyl groups excluding tert-OH is 1. The number of hydrogen-bond donors (Lipinski definition) is 2. The minimum Gasteiger partial charge on any atom is -0.507 e. The van der Waals surface area contributed by atoms with E-state index in [1.165, 1.54) is 11.8 Å². The maximum atomic E-state index is 13.5. The molecule has 0 bridgehead atoms. The molecule has 0 radical (unpaired) electrons. The van der Waals surface area contributed by atoms with Crippen molar-refractivity contribution >= 4 is 40.4 Å². The van der Waals surface area contributed by atoms with Gasteiger partial charge in [0.05, 0.1) is 18.2 Å². The van der Waals surface area contributed by atoms with E-state index < -0.39 is 17.7 Å². The molecule has 1 aliphatic heterocycles. The summed E-state index contributed by atoms with van der Waals surface area (Å²) in [7, 11) is 3.84. The van der Waals surface area contributed by atoms with Crippen LogP contribution in [-0.2, 0) is 14.4 Å². The van der Waals surface area contributed by atoms with Gasteiger partial charge in [-0.3, -0.25) is 19.3 Å². The molecule has 1 saturated heterocycles. The maximum Gasteiger partial charge on any atom is 0.300 e. The molecule has 0 saturated carbocycles. The smallest absolute Gasteiger partial charge is 0.300 e. The third-order valence-electron chi connectivity index (χ3n) is 6.31. The predicted octanol–water partition coefficient (Wildman–Crippen LogP) is 5.37. The number of ketones is 1. The number of Topliss-reactive ketones (excluding diaryl/α,β-unsaturated/α-hetero) is 1. The van der Waals surface area contributed by atoms with Gasteiger partial charge in [-0.05, 0) is 53.9 Å². The standard InChI is InChI=1S/C31H33N3O5/c1-19(2)18-39-26-11-6-8-22(16-26)29(36)27-28(21-12-14-24(15-13-21)33(4)5)34(31(38)30(27)37)25-10-7-9-23(17-25)32-20(3)35/h6-17,19,28,36H,18H2,1-5H3,(H,32,35)/b29-27+. The third kappa shape index (κ3) is 5.95. The summed E-state index contributed by atoms with van der Waals surface area (Å²) in [5, 5.41) is 14.2. The molecule has 1 aliphatic rings. The molecule has 1 fully saturated rings. The SMILES string of the molecule is CC(=O)Nc1cccc(N2C(=O)C(=O)/C(=C(/O)c3cccc(OCC(C)C)c3)C2c2ccc(N(C)C)cc2)c1. The zero-order chi connectivity index (χ0) is 28.3. The minimum atomic E-state index is -0.894. The summed E-state index contributed by atoms with van der Waals surface area (Å²) in [6.45, 7) is 5.96. The van der Waals surface area contributed by atoms with Crippen LogP contribution in [0.25, 0.3) is 5.76 Å². The van der Waals surface area contributed by atoms with Crippen LogP contribution < -0.4 is 19.9 Å². The lowest BCUT2D eigenvalue weighted by Crippen LogP contribution is -2.29. The van der Waals surface area contributed by atoms with E-state index in [2.05, 4.69) is 5.32 Å². The first-order valence-corrected chi connectivity index (χ1v) is 12.8. The fourth-order valence-corrected chi connectivity index (χ4v) is 4.46. The van der Waals surface area contributed by atoms with Gasteiger partial charge in [0.2, 0.25) is 5.91 Å². The topological polar surface area (TPSA) is 99.2 Å². The van der Waals surface area contributed by atoms with E-state index in [1.807, 2.05) is 57.1 Å². The summed E-state index contributed by atoms with van der Waals surface area (Å²) in [4.78, 5) is 42.0. The molecule has 3 aromatic carbocycles. The average Bonchev–Trinajstić information content (AvgIpc) is 3.17. The Hall–Kier alpha value is -4.59. The highest BCUT2D eigenvalue weighted by molar-refractivity contribution is 6.51. The molecule has 2 N–H and O–H groups in total. The van der Waals surface area contributed by atoms with Gasteiger partial charge in [-0.2, -0.15) is 0 Å². The van der Waals surface area contributed by atoms with Crippen LogP contribution in [0.15, 0.2) is 78.4 Å². The Bertz CT molecular complexity index is 1430. The van der Waals surface area contributed by atoms with E-state index in [0.717, 1.165) is 5.69 Å². The number of anilines is 3. The number of rotatable bonds is 8. The van der Waals surface area contributed by atoms with Crippen molar-refractivity contribution in [1.29, 1.82) is 0 Å². The first kappa shape index (κ1) is 27.4. The number of aliphatic hydroxyl groups is 1. The summed E-state index contributed by atoms with van der Waals surface area (Å²) in [5.41, 5.74) is 2.84. The third-order valence-corrected chi connectivity index (χ3v) is 6.31. The summed E-state index contributed by atoms with van der Waals surface area (Å²) in [6, 6.07) is 20.1. The van der Waals surface area contributed by atoms with Gasteiger partial charge in [0.1, 0.15) is 11.5 Å². The number of benzene rings is 3. The van der Waals surface area contributed by atoms with E-state index in [9.17, 15) is 19.5 Å². The van der Waals surface area contributed by atoms with E-state index in [1.54, 1.807) is 48.5 Å². The Morgan fingerprint density at radius 2 is 1.72 bits per heavy atom. The van der Waals surface area contributed by atoms with Crippen LogP contribution in [0.4, 0.5) is 17.1 Å². The highest BCUT2D eigenvalue weighted by Crippen LogP contribution is 2.43. The fourth-order valence-electron chi connectivity index (χ4n) is 4.46. The Morgan fingerprint density at radius 3 is 2.36 bits per heavy atom. The highest BCUT2D eigenvalue weighted by Gasteiger charge is 2.47. The second kappa shape index (κ2) is 11.4. The molecule has 0 aliphatic carbocycles. The highest BCUT2D eigenvalue weighted by atomic mass is 16.5. The van der Waals surface area contributed by atoms with Crippen LogP contribution in [-0.4, -0.2) is 43.4 Å². The van der Waals surface area contributed by atoms with Gasteiger partial charge in [-0.15, -0.1) is 0 Å². The Labute approximate surface area is 228 Å². The van der Waals surface area contributed by atoms with Gasteiger partial charge in [-0.1, -0.05) is 44.2 Å². The van der Waals surface area contributed by atoms with Crippen molar-refractivity contribution in [3.63, 3.8) is 0 Å². The number of carbonyl (C=O) groups excluding carboxylic acids is 3. The molecule has 3 aromatic rings. The van der Waals surface area contributed by atoms with Crippen LogP contribution in [0.3, 0.4) is 0 Å². The Balaban J connectivity index is 1.86. The van der Waals surface area contributed by atoms with E-state index in [4.69, 9.17) is 4.74 Å². The monoisotopic (exact) mass is 527 g/mol. The van der Waals surface area contributed by atoms with E-state index in [-0.39, 0.29) is 17.2 Å². The summed E-state index contributed by atoms with van der Waals surface area (Å²) >= 11 is 0. The molecule has 2 amide bonds. The maximum absolute atomic E-state index is 13.5. The number of ether oxygens (including phenoxy) is 1. The summed E-state index contributed by atoms with van der Waals surface area (Å²) in [6.07, 6.45) is 0. The van der Waals surface area contributed by atoms with Crippen molar-refractivity contribution in [1.82, 2.24) is 0 Å². The molecule has 0 aromatic heterocycles. The summed E-state index contributed by atoms with van der Waals surface area (Å²) in [5.74, 6) is -1.25. The van der Waals surface area contributed by atoms with Gasteiger partial charge in [0.25, 0.3) is 11.7 Å². The van der Waals surface area contributed by atoms with Gasteiger partial charge < -0.3 is 20.1 Å². The van der Waals surface area contributed by atoms with Crippen molar-refractivity contribution in [2.45, 2.75) is 26.8 Å².